The summed E-state index contributed by atoms with van der Waals surface area (Å²) in [5.41, 5.74) is 0. The van der Waals surface area contributed by atoms with Crippen LogP contribution in [0, 0.1) is 0 Å². The number of aliphatic carboxylic acids is 1. The molecule has 10 N–H and O–H groups in total. The molecule has 0 unspecified atom stereocenters. The topological polar surface area (TPSA) is 201 Å². The maximum Gasteiger partial charge on any atom is 1.00 e. The average molecular weight is 304 g/mol. The monoisotopic (exact) mass is 304 g/mol. The molecule has 0 heterocycles. The van der Waals surface area contributed by atoms with Gasteiger partial charge in [0.2, 0.25) is 0 Å². The number of hydrogen-bond donors (Lipinski definition) is 6. The van der Waals surface area contributed by atoms with Crippen LogP contribution >= 0.6 is 0 Å². The number of carbonyl (C=O) groups is 1. The van der Waals surface area contributed by atoms with Gasteiger partial charge in [-0.05, 0) is 0 Å². The van der Waals surface area contributed by atoms with Gasteiger partial charge < -0.3 is 45.9 Å². The average Bonchev–Trinajstić information content (AvgIpc) is 2.12. The molecule has 0 bridgehead atoms. The standard InChI is InChI=1S/C6H12O7.3Na.2H2O.3H/c7-1-2(8)3(9)4(10)5(11)6(12)13;;;;;;;;/h2-5,7-11H,1H2,(H,12,13);;;;2*1H2;;;/q;3*+1;;;3*-1/t2-,3-,4+,5-;;;;;;;;/m1......../s1. The molecule has 0 amide bonds. The summed E-state index contributed by atoms with van der Waals surface area (Å²) in [5.74, 6) is -1.73. The number of hydrogen-bond acceptors (Lipinski definition) is 6. The van der Waals surface area contributed by atoms with Crippen molar-refractivity contribution >= 4 is 5.97 Å². The number of rotatable bonds is 5. The molecular weight excluding hydrogens is 285 g/mol. The van der Waals surface area contributed by atoms with Gasteiger partial charge in [0, 0.05) is 0 Å². The van der Waals surface area contributed by atoms with Crippen molar-refractivity contribution in [2.75, 3.05) is 6.61 Å². The van der Waals surface area contributed by atoms with Gasteiger partial charge in [0.1, 0.15) is 18.3 Å². The zero-order chi connectivity index (χ0) is 10.6. The van der Waals surface area contributed by atoms with Crippen LogP contribution in [0.5, 0.6) is 0 Å². The van der Waals surface area contributed by atoms with Crippen molar-refractivity contribution in [1.29, 1.82) is 0 Å². The second-order valence-electron chi connectivity index (χ2n) is 2.51. The van der Waals surface area contributed by atoms with Crippen LogP contribution in [0.1, 0.15) is 4.28 Å². The fourth-order valence-electron chi connectivity index (χ4n) is 0.668. The van der Waals surface area contributed by atoms with Crippen LogP contribution < -0.4 is 88.7 Å². The van der Waals surface area contributed by atoms with E-state index in [4.69, 9.17) is 30.6 Å². The maximum atomic E-state index is 10.1. The normalized spacial score (nSPS) is 14.7. The first-order valence-electron chi connectivity index (χ1n) is 3.47. The summed E-state index contributed by atoms with van der Waals surface area (Å²) in [7, 11) is 0. The minimum Gasteiger partial charge on any atom is -1.00 e. The molecule has 0 saturated carbocycles. The van der Waals surface area contributed by atoms with E-state index in [0.29, 0.717) is 0 Å². The Morgan fingerprint density at radius 3 is 1.50 bits per heavy atom. The minimum atomic E-state index is -2.20. The third kappa shape index (κ3) is 13.2. The summed E-state index contributed by atoms with van der Waals surface area (Å²) in [5, 5.41) is 51.8. The van der Waals surface area contributed by atoms with E-state index >= 15 is 0 Å². The molecule has 18 heavy (non-hydrogen) atoms. The molecule has 100 valence electrons. The van der Waals surface area contributed by atoms with Crippen LogP contribution in [0.3, 0.4) is 0 Å². The third-order valence-electron chi connectivity index (χ3n) is 1.51. The number of aliphatic hydroxyl groups excluding tert-OH is 5. The molecule has 0 saturated heterocycles. The van der Waals surface area contributed by atoms with E-state index in [1.165, 1.54) is 0 Å². The van der Waals surface area contributed by atoms with Gasteiger partial charge in [0.15, 0.2) is 6.10 Å². The molecule has 0 aromatic carbocycles. The van der Waals surface area contributed by atoms with Gasteiger partial charge >= 0.3 is 94.6 Å². The van der Waals surface area contributed by atoms with E-state index < -0.39 is 37.0 Å². The van der Waals surface area contributed by atoms with E-state index in [-0.39, 0.29) is 104 Å². The molecule has 0 aromatic rings. The maximum absolute atomic E-state index is 10.1. The van der Waals surface area contributed by atoms with Gasteiger partial charge in [-0.2, -0.15) is 0 Å². The third-order valence-corrected chi connectivity index (χ3v) is 1.51. The summed E-state index contributed by atoms with van der Waals surface area (Å²) < 4.78 is 0. The van der Waals surface area contributed by atoms with Crippen molar-refractivity contribution in [2.45, 2.75) is 24.4 Å². The zero-order valence-corrected chi connectivity index (χ0v) is 16.6. The Balaban J connectivity index is -0.0000000257. The van der Waals surface area contributed by atoms with E-state index in [1.807, 2.05) is 0 Å². The molecule has 0 spiro atoms. The molecule has 0 aliphatic carbocycles. The molecular formula is C6H19Na3O9. The molecule has 0 radical (unpaired) electrons. The first kappa shape index (κ1) is 36.9. The first-order chi connectivity index (χ1) is 5.91. The summed E-state index contributed by atoms with van der Waals surface area (Å²) in [6.07, 6.45) is -7.84. The van der Waals surface area contributed by atoms with Crippen molar-refractivity contribution in [3.63, 3.8) is 0 Å². The Morgan fingerprint density at radius 1 is 0.944 bits per heavy atom. The van der Waals surface area contributed by atoms with Crippen LogP contribution in [-0.2, 0) is 4.79 Å². The van der Waals surface area contributed by atoms with Crippen LogP contribution in [0.25, 0.3) is 0 Å². The van der Waals surface area contributed by atoms with Crippen molar-refractivity contribution in [3.8, 4) is 0 Å². The molecule has 0 fully saturated rings. The summed E-state index contributed by atoms with van der Waals surface area (Å²) >= 11 is 0. The van der Waals surface area contributed by atoms with E-state index in [0.717, 1.165) is 0 Å². The summed E-state index contributed by atoms with van der Waals surface area (Å²) in [6, 6.07) is 0. The minimum absolute atomic E-state index is 0. The Morgan fingerprint density at radius 2 is 1.28 bits per heavy atom. The molecule has 12 heteroatoms. The van der Waals surface area contributed by atoms with E-state index in [2.05, 4.69) is 0 Å². The van der Waals surface area contributed by atoms with Crippen molar-refractivity contribution in [2.24, 2.45) is 0 Å². The van der Waals surface area contributed by atoms with Gasteiger partial charge in [0.05, 0.1) is 6.61 Å². The molecule has 0 rings (SSSR count). The van der Waals surface area contributed by atoms with Gasteiger partial charge in [-0.3, -0.25) is 0 Å². The number of carboxylic acids is 1. The Hall–Kier alpha value is 2.19. The largest absolute Gasteiger partial charge is 1.00 e. The zero-order valence-electron chi connectivity index (χ0n) is 13.6. The van der Waals surface area contributed by atoms with Crippen molar-refractivity contribution in [1.82, 2.24) is 0 Å². The fourth-order valence-corrected chi connectivity index (χ4v) is 0.668. The predicted molar refractivity (Wildman–Crippen MR) is 49.3 cm³/mol. The smallest absolute Gasteiger partial charge is 1.00 e. The predicted octanol–water partition coefficient (Wildman–Crippen LogP) is -13.8. The number of carboxylic acid groups (broad SMARTS) is 1. The molecule has 0 aliphatic rings. The van der Waals surface area contributed by atoms with Crippen molar-refractivity contribution < 1.29 is 139 Å². The van der Waals surface area contributed by atoms with Gasteiger partial charge in [-0.1, -0.05) is 0 Å². The Bertz CT molecular complexity index is 196. The molecule has 4 atom stereocenters. The van der Waals surface area contributed by atoms with Crippen LogP contribution in [0.4, 0.5) is 0 Å². The SMILES string of the molecule is O.O.O=C(O)[C@H](O)[C@@H](O)[C@H](O)[C@H](O)CO.[H-].[H-].[H-].[Na+].[Na+].[Na+]. The van der Waals surface area contributed by atoms with Crippen molar-refractivity contribution in [3.05, 3.63) is 0 Å². The number of aliphatic hydroxyl groups is 5. The summed E-state index contributed by atoms with van der Waals surface area (Å²) in [6.45, 7) is -0.843. The van der Waals surface area contributed by atoms with Crippen LogP contribution in [-0.4, -0.2) is 78.6 Å². The van der Waals surface area contributed by atoms with E-state index in [9.17, 15) is 4.79 Å². The molecule has 9 nitrogen and oxygen atoms in total. The van der Waals surface area contributed by atoms with E-state index in [1.54, 1.807) is 0 Å². The van der Waals surface area contributed by atoms with Gasteiger partial charge in [0.25, 0.3) is 0 Å². The first-order valence-corrected chi connectivity index (χ1v) is 3.47. The second-order valence-corrected chi connectivity index (χ2v) is 2.51. The molecule has 0 aliphatic heterocycles. The van der Waals surface area contributed by atoms with Crippen LogP contribution in [0.15, 0.2) is 0 Å². The Labute approximate surface area is 174 Å². The molecule has 0 aromatic heterocycles. The fraction of sp³-hybridized carbons (Fsp3) is 0.833. The van der Waals surface area contributed by atoms with Gasteiger partial charge in [-0.15, -0.1) is 0 Å². The van der Waals surface area contributed by atoms with Gasteiger partial charge in [-0.25, -0.2) is 4.79 Å². The summed E-state index contributed by atoms with van der Waals surface area (Å²) in [4.78, 5) is 10.1. The second kappa shape index (κ2) is 19.2. The quantitative estimate of drug-likeness (QED) is 0.270. The Kier molecular flexibility index (Phi) is 39.4. The van der Waals surface area contributed by atoms with Crippen LogP contribution in [0.2, 0.25) is 0 Å².